The highest BCUT2D eigenvalue weighted by Crippen LogP contribution is 2.20. The fraction of sp³-hybridized carbons (Fsp3) is 0.278. The summed E-state index contributed by atoms with van der Waals surface area (Å²) in [5.41, 5.74) is 0.828. The van der Waals surface area contributed by atoms with Crippen LogP contribution < -0.4 is 5.32 Å². The van der Waals surface area contributed by atoms with E-state index in [4.69, 9.17) is 0 Å². The maximum absolute atomic E-state index is 13.5. The molecule has 1 N–H and O–H groups in total. The Bertz CT molecular complexity index is 738. The third kappa shape index (κ3) is 5.79. The quantitative estimate of drug-likeness (QED) is 0.591. The van der Waals surface area contributed by atoms with Gasteiger partial charge in [0, 0.05) is 17.2 Å². The predicted molar refractivity (Wildman–Crippen MR) is 94.3 cm³/mol. The van der Waals surface area contributed by atoms with Crippen LogP contribution in [0.2, 0.25) is 0 Å². The Hall–Kier alpha value is -1.99. The fourth-order valence-electron chi connectivity index (χ4n) is 2.09. The first-order valence-corrected chi connectivity index (χ1v) is 8.66. The molecule has 0 bridgehead atoms. The summed E-state index contributed by atoms with van der Waals surface area (Å²) in [6, 6.07) is 9.93. The van der Waals surface area contributed by atoms with Gasteiger partial charge in [0.05, 0.1) is 12.2 Å². The third-order valence-corrected chi connectivity index (χ3v) is 4.48. The van der Waals surface area contributed by atoms with Gasteiger partial charge in [0.25, 0.3) is 0 Å². The number of anilines is 1. The highest BCUT2D eigenvalue weighted by molar-refractivity contribution is 7.99. The van der Waals surface area contributed by atoms with Crippen molar-refractivity contribution in [3.8, 4) is 0 Å². The Morgan fingerprint density at radius 2 is 1.76 bits per heavy atom. The number of rotatable bonds is 7. The van der Waals surface area contributed by atoms with Crippen molar-refractivity contribution in [3.05, 3.63) is 59.4 Å². The molecule has 2 aromatic rings. The van der Waals surface area contributed by atoms with Crippen molar-refractivity contribution in [2.24, 2.45) is 0 Å². The molecule has 134 valence electrons. The van der Waals surface area contributed by atoms with Gasteiger partial charge in [-0.3, -0.25) is 9.69 Å². The van der Waals surface area contributed by atoms with Crippen molar-refractivity contribution < 1.29 is 18.0 Å². The summed E-state index contributed by atoms with van der Waals surface area (Å²) in [6.45, 7) is 2.69. The van der Waals surface area contributed by atoms with E-state index in [-0.39, 0.29) is 12.2 Å². The number of aryl methyl sites for hydroxylation is 1. The van der Waals surface area contributed by atoms with Gasteiger partial charge in [0.15, 0.2) is 17.5 Å². The zero-order chi connectivity index (χ0) is 18.4. The summed E-state index contributed by atoms with van der Waals surface area (Å²) in [4.78, 5) is 14.8. The van der Waals surface area contributed by atoms with Crippen LogP contribution in [0.15, 0.2) is 41.3 Å². The Balaban J connectivity index is 1.78. The highest BCUT2D eigenvalue weighted by atomic mass is 32.2. The van der Waals surface area contributed by atoms with Crippen molar-refractivity contribution in [3.63, 3.8) is 0 Å². The maximum Gasteiger partial charge on any atom is 0.238 e. The van der Waals surface area contributed by atoms with E-state index in [9.17, 15) is 18.0 Å². The molecule has 0 saturated heterocycles. The van der Waals surface area contributed by atoms with Crippen LogP contribution in [0, 0.1) is 24.4 Å². The maximum atomic E-state index is 13.5. The van der Waals surface area contributed by atoms with E-state index in [0.29, 0.717) is 6.54 Å². The number of benzene rings is 2. The van der Waals surface area contributed by atoms with Crippen molar-refractivity contribution >= 4 is 23.4 Å². The molecule has 1 amide bonds. The number of nitrogens with one attached hydrogen (secondary N) is 1. The monoisotopic (exact) mass is 368 g/mol. The van der Waals surface area contributed by atoms with E-state index in [0.717, 1.165) is 22.8 Å². The summed E-state index contributed by atoms with van der Waals surface area (Å²) < 4.78 is 39.5. The van der Waals surface area contributed by atoms with Gasteiger partial charge in [-0.2, -0.15) is 0 Å². The number of carbonyl (C=O) groups is 1. The van der Waals surface area contributed by atoms with E-state index < -0.39 is 23.4 Å². The lowest BCUT2D eigenvalue weighted by Gasteiger charge is -2.16. The smallest absolute Gasteiger partial charge is 0.238 e. The molecule has 0 saturated carbocycles. The SMILES string of the molecule is Cc1ccc(SCCN(C)CC(=O)Nc2ccc(F)c(F)c2F)cc1. The number of likely N-dealkylation sites (N-methyl/N-ethyl adjacent to an activating group) is 1. The molecule has 2 aromatic carbocycles. The average Bonchev–Trinajstić information content (AvgIpc) is 2.57. The van der Waals surface area contributed by atoms with Crippen LogP contribution in [0.1, 0.15) is 5.56 Å². The number of hydrogen-bond acceptors (Lipinski definition) is 3. The molecule has 7 heteroatoms. The minimum absolute atomic E-state index is 0.0207. The van der Waals surface area contributed by atoms with Crippen molar-refractivity contribution in [2.45, 2.75) is 11.8 Å². The standard InChI is InChI=1S/C18H19F3N2OS/c1-12-3-5-13(6-4-12)25-10-9-23(2)11-16(24)22-15-8-7-14(19)17(20)18(15)21/h3-8H,9-11H2,1-2H3,(H,22,24). The molecule has 0 aliphatic rings. The van der Waals surface area contributed by atoms with Crippen molar-refractivity contribution in [1.82, 2.24) is 4.90 Å². The molecule has 0 aromatic heterocycles. The zero-order valence-corrected chi connectivity index (χ0v) is 14.8. The molecule has 25 heavy (non-hydrogen) atoms. The van der Waals surface area contributed by atoms with Gasteiger partial charge >= 0.3 is 0 Å². The second-order valence-electron chi connectivity index (χ2n) is 5.67. The molecule has 0 aliphatic heterocycles. The predicted octanol–water partition coefficient (Wildman–Crippen LogP) is 4.07. The summed E-state index contributed by atoms with van der Waals surface area (Å²) in [5, 5.41) is 2.25. The first-order chi connectivity index (χ1) is 11.9. The molecule has 2 rings (SSSR count). The number of nitrogens with zero attached hydrogens (tertiary/aromatic N) is 1. The van der Waals surface area contributed by atoms with Crippen LogP contribution in [0.4, 0.5) is 18.9 Å². The summed E-state index contributed by atoms with van der Waals surface area (Å²) in [7, 11) is 1.76. The molecule has 0 fully saturated rings. The summed E-state index contributed by atoms with van der Waals surface area (Å²) in [5.74, 6) is -3.99. The normalized spacial score (nSPS) is 11.0. The van der Waals surface area contributed by atoms with E-state index in [1.165, 1.54) is 5.56 Å². The zero-order valence-electron chi connectivity index (χ0n) is 14.0. The number of halogens is 3. The molecule has 0 aliphatic carbocycles. The molecule has 0 radical (unpaired) electrons. The van der Waals surface area contributed by atoms with Gasteiger partial charge < -0.3 is 5.32 Å². The van der Waals surface area contributed by atoms with Crippen LogP contribution in [0.25, 0.3) is 0 Å². The van der Waals surface area contributed by atoms with E-state index in [1.54, 1.807) is 23.7 Å². The molecule has 0 spiro atoms. The van der Waals surface area contributed by atoms with Gasteiger partial charge in [0.2, 0.25) is 5.91 Å². The lowest BCUT2D eigenvalue weighted by atomic mass is 10.2. The fourth-order valence-corrected chi connectivity index (χ4v) is 3.06. The van der Waals surface area contributed by atoms with Gasteiger partial charge in [0.1, 0.15) is 0 Å². The molecular formula is C18H19F3N2OS. The van der Waals surface area contributed by atoms with Crippen molar-refractivity contribution in [1.29, 1.82) is 0 Å². The van der Waals surface area contributed by atoms with E-state index >= 15 is 0 Å². The molecular weight excluding hydrogens is 349 g/mol. The van der Waals surface area contributed by atoms with Gasteiger partial charge in [-0.05, 0) is 38.2 Å². The average molecular weight is 368 g/mol. The summed E-state index contributed by atoms with van der Waals surface area (Å²) >= 11 is 1.67. The minimum Gasteiger partial charge on any atom is -0.322 e. The number of thioether (sulfide) groups is 1. The number of amides is 1. The van der Waals surface area contributed by atoms with E-state index in [1.807, 2.05) is 31.2 Å². The second-order valence-corrected chi connectivity index (χ2v) is 6.84. The Kier molecular flexibility index (Phi) is 6.90. The lowest BCUT2D eigenvalue weighted by Crippen LogP contribution is -2.32. The van der Waals surface area contributed by atoms with Crippen LogP contribution in [-0.4, -0.2) is 36.7 Å². The van der Waals surface area contributed by atoms with E-state index in [2.05, 4.69) is 5.32 Å². The minimum atomic E-state index is -1.60. The molecule has 3 nitrogen and oxygen atoms in total. The first kappa shape index (κ1) is 19.3. The highest BCUT2D eigenvalue weighted by Gasteiger charge is 2.15. The Morgan fingerprint density at radius 1 is 1.08 bits per heavy atom. The molecule has 0 unspecified atom stereocenters. The first-order valence-electron chi connectivity index (χ1n) is 7.68. The Labute approximate surface area is 149 Å². The number of hydrogen-bond donors (Lipinski definition) is 1. The second kappa shape index (κ2) is 8.92. The largest absolute Gasteiger partial charge is 0.322 e. The van der Waals surface area contributed by atoms with Gasteiger partial charge in [-0.15, -0.1) is 11.8 Å². The Morgan fingerprint density at radius 3 is 2.44 bits per heavy atom. The summed E-state index contributed by atoms with van der Waals surface area (Å²) in [6.07, 6.45) is 0. The van der Waals surface area contributed by atoms with Crippen LogP contribution in [0.5, 0.6) is 0 Å². The molecule has 0 atom stereocenters. The van der Waals surface area contributed by atoms with Crippen molar-refractivity contribution in [2.75, 3.05) is 31.2 Å². The van der Waals surface area contributed by atoms with Crippen LogP contribution in [0.3, 0.4) is 0 Å². The van der Waals surface area contributed by atoms with Crippen LogP contribution >= 0.6 is 11.8 Å². The number of carbonyl (C=O) groups excluding carboxylic acids is 1. The third-order valence-electron chi connectivity index (χ3n) is 3.49. The van der Waals surface area contributed by atoms with Crippen LogP contribution in [-0.2, 0) is 4.79 Å². The lowest BCUT2D eigenvalue weighted by molar-refractivity contribution is -0.117. The van der Waals surface area contributed by atoms with Gasteiger partial charge in [-0.1, -0.05) is 17.7 Å². The topological polar surface area (TPSA) is 32.3 Å². The van der Waals surface area contributed by atoms with Gasteiger partial charge in [-0.25, -0.2) is 13.2 Å². The molecule has 0 heterocycles.